The highest BCUT2D eigenvalue weighted by atomic mass is 16.6. The molecule has 2 aromatic carbocycles. The van der Waals surface area contributed by atoms with E-state index in [1.165, 1.54) is 22.3 Å². The van der Waals surface area contributed by atoms with Crippen LogP contribution in [-0.4, -0.2) is 55.1 Å². The Labute approximate surface area is 153 Å². The number of aliphatic hydroxyl groups excluding tert-OH is 1. The Morgan fingerprint density at radius 3 is 2.31 bits per heavy atom. The molecular weight excluding hydrogens is 330 g/mol. The van der Waals surface area contributed by atoms with Crippen LogP contribution in [0.4, 0.5) is 4.79 Å². The number of β-amino-alcohol motifs (C(OH)–C–C–N with tert-alkyl or cyclic N) is 1. The fraction of sp³-hybridized carbons (Fsp3) is 0.381. The smallest absolute Gasteiger partial charge is 0.410 e. The van der Waals surface area contributed by atoms with E-state index in [4.69, 9.17) is 9.47 Å². The van der Waals surface area contributed by atoms with Gasteiger partial charge in [0.05, 0.1) is 25.3 Å². The number of fused-ring (bicyclic) bond motifs is 3. The van der Waals surface area contributed by atoms with Gasteiger partial charge in [0.15, 0.2) is 0 Å². The maximum absolute atomic E-state index is 12.6. The Bertz CT molecular complexity index is 761. The molecule has 1 aliphatic carbocycles. The van der Waals surface area contributed by atoms with E-state index in [9.17, 15) is 9.90 Å². The van der Waals surface area contributed by atoms with Gasteiger partial charge in [-0.25, -0.2) is 4.79 Å². The second kappa shape index (κ2) is 7.09. The fourth-order valence-electron chi connectivity index (χ4n) is 4.14. The number of rotatable bonds is 4. The second-order valence-corrected chi connectivity index (χ2v) is 6.96. The van der Waals surface area contributed by atoms with Crippen LogP contribution in [0.1, 0.15) is 23.5 Å². The number of likely N-dealkylation sites (tertiary alicyclic amines) is 1. The zero-order valence-corrected chi connectivity index (χ0v) is 14.8. The highest BCUT2D eigenvalue weighted by Gasteiger charge is 2.36. The van der Waals surface area contributed by atoms with Crippen LogP contribution >= 0.6 is 0 Å². The molecule has 0 saturated carbocycles. The molecule has 1 fully saturated rings. The largest absolute Gasteiger partial charge is 0.448 e. The Morgan fingerprint density at radius 2 is 1.69 bits per heavy atom. The molecule has 2 aromatic rings. The lowest BCUT2D eigenvalue weighted by Gasteiger charge is -2.24. The van der Waals surface area contributed by atoms with Crippen molar-refractivity contribution in [3.63, 3.8) is 0 Å². The summed E-state index contributed by atoms with van der Waals surface area (Å²) in [4.78, 5) is 14.2. The van der Waals surface area contributed by atoms with E-state index in [2.05, 4.69) is 24.3 Å². The van der Waals surface area contributed by atoms with Gasteiger partial charge in [-0.1, -0.05) is 48.5 Å². The van der Waals surface area contributed by atoms with Crippen molar-refractivity contribution in [2.75, 3.05) is 26.9 Å². The quantitative estimate of drug-likeness (QED) is 0.918. The van der Waals surface area contributed by atoms with E-state index < -0.39 is 6.10 Å². The number of hydrogen-bond acceptors (Lipinski definition) is 4. The molecule has 0 unspecified atom stereocenters. The minimum atomic E-state index is -0.518. The average molecular weight is 353 g/mol. The van der Waals surface area contributed by atoms with E-state index in [0.29, 0.717) is 26.2 Å². The number of carbonyl (C=O) groups excluding carboxylic acids is 1. The molecule has 5 heteroatoms. The third-order valence-corrected chi connectivity index (χ3v) is 5.32. The molecule has 2 aliphatic rings. The molecule has 136 valence electrons. The van der Waals surface area contributed by atoms with E-state index in [0.717, 1.165) is 0 Å². The minimum Gasteiger partial charge on any atom is -0.448 e. The van der Waals surface area contributed by atoms with Crippen molar-refractivity contribution in [2.24, 2.45) is 0 Å². The van der Waals surface area contributed by atoms with Crippen LogP contribution in [0, 0.1) is 0 Å². The first-order valence-corrected chi connectivity index (χ1v) is 8.97. The molecule has 26 heavy (non-hydrogen) atoms. The summed E-state index contributed by atoms with van der Waals surface area (Å²) in [7, 11) is 1.60. The molecule has 0 spiro atoms. The van der Waals surface area contributed by atoms with Gasteiger partial charge in [0.2, 0.25) is 0 Å². The minimum absolute atomic E-state index is 0.0414. The molecule has 1 saturated heterocycles. The van der Waals surface area contributed by atoms with Gasteiger partial charge in [-0.15, -0.1) is 0 Å². The monoisotopic (exact) mass is 353 g/mol. The van der Waals surface area contributed by atoms with Crippen LogP contribution in [0.5, 0.6) is 0 Å². The van der Waals surface area contributed by atoms with Crippen molar-refractivity contribution in [3.8, 4) is 11.1 Å². The predicted octanol–water partition coefficient (Wildman–Crippen LogP) is 3.02. The van der Waals surface area contributed by atoms with Gasteiger partial charge in [0.25, 0.3) is 0 Å². The molecule has 0 aromatic heterocycles. The molecule has 1 aliphatic heterocycles. The molecule has 4 rings (SSSR count). The van der Waals surface area contributed by atoms with Gasteiger partial charge < -0.3 is 19.5 Å². The van der Waals surface area contributed by atoms with Crippen molar-refractivity contribution in [1.29, 1.82) is 0 Å². The predicted molar refractivity (Wildman–Crippen MR) is 98.1 cm³/mol. The van der Waals surface area contributed by atoms with Gasteiger partial charge in [-0.2, -0.15) is 0 Å². The van der Waals surface area contributed by atoms with Crippen molar-refractivity contribution < 1.29 is 19.4 Å². The SMILES string of the molecule is COC[C@@H]1C[C@@H](O)CN1C(=O)OCC1c2ccccc2-c2ccccc21. The number of benzene rings is 2. The molecule has 5 nitrogen and oxygen atoms in total. The molecule has 1 heterocycles. The molecule has 2 atom stereocenters. The highest BCUT2D eigenvalue weighted by molar-refractivity contribution is 5.79. The van der Waals surface area contributed by atoms with Crippen LogP contribution in [-0.2, 0) is 9.47 Å². The standard InChI is InChI=1S/C21H23NO4/c1-25-12-14-10-15(23)11-22(14)21(24)26-13-20-18-8-4-2-6-16(18)17-7-3-5-9-19(17)20/h2-9,14-15,20,23H,10-13H2,1H3/t14-,15+/m0/s1. The summed E-state index contributed by atoms with van der Waals surface area (Å²) in [5, 5.41) is 9.88. The van der Waals surface area contributed by atoms with Gasteiger partial charge in [0, 0.05) is 13.0 Å². The van der Waals surface area contributed by atoms with Crippen LogP contribution in [0.25, 0.3) is 11.1 Å². The van der Waals surface area contributed by atoms with Crippen LogP contribution in [0.3, 0.4) is 0 Å². The number of nitrogens with zero attached hydrogens (tertiary/aromatic N) is 1. The number of hydrogen-bond donors (Lipinski definition) is 1. The summed E-state index contributed by atoms with van der Waals surface area (Å²) in [5.74, 6) is 0.0414. The molecule has 1 amide bonds. The van der Waals surface area contributed by atoms with Gasteiger partial charge >= 0.3 is 6.09 Å². The third-order valence-electron chi connectivity index (χ3n) is 5.32. The lowest BCUT2D eigenvalue weighted by Crippen LogP contribution is -2.39. The summed E-state index contributed by atoms with van der Waals surface area (Å²) in [5.41, 5.74) is 4.80. The number of aliphatic hydroxyl groups is 1. The first-order chi connectivity index (χ1) is 12.7. The first kappa shape index (κ1) is 17.1. The molecule has 0 bridgehead atoms. The van der Waals surface area contributed by atoms with Gasteiger partial charge in [-0.3, -0.25) is 0 Å². The van der Waals surface area contributed by atoms with Crippen LogP contribution in [0.2, 0.25) is 0 Å². The maximum atomic E-state index is 12.6. The second-order valence-electron chi connectivity index (χ2n) is 6.96. The van der Waals surface area contributed by atoms with Crippen molar-refractivity contribution in [1.82, 2.24) is 4.90 Å². The van der Waals surface area contributed by atoms with E-state index in [-0.39, 0.29) is 18.1 Å². The molecule has 0 radical (unpaired) electrons. The average Bonchev–Trinajstić information content (AvgIpc) is 3.18. The normalized spacial score (nSPS) is 21.5. The lowest BCUT2D eigenvalue weighted by atomic mass is 9.98. The van der Waals surface area contributed by atoms with Crippen molar-refractivity contribution in [3.05, 3.63) is 59.7 Å². The fourth-order valence-corrected chi connectivity index (χ4v) is 4.14. The maximum Gasteiger partial charge on any atom is 0.410 e. The van der Waals surface area contributed by atoms with E-state index in [1.54, 1.807) is 12.0 Å². The number of methoxy groups -OCH3 is 1. The summed E-state index contributed by atoms with van der Waals surface area (Å²) in [6.07, 6.45) is -0.376. The Morgan fingerprint density at radius 1 is 1.08 bits per heavy atom. The summed E-state index contributed by atoms with van der Waals surface area (Å²) in [6, 6.07) is 16.4. The zero-order valence-electron chi connectivity index (χ0n) is 14.8. The van der Waals surface area contributed by atoms with Crippen LogP contribution in [0.15, 0.2) is 48.5 Å². The van der Waals surface area contributed by atoms with Crippen molar-refractivity contribution >= 4 is 6.09 Å². The topological polar surface area (TPSA) is 59.0 Å². The summed E-state index contributed by atoms with van der Waals surface area (Å²) >= 11 is 0. The summed E-state index contributed by atoms with van der Waals surface area (Å²) in [6.45, 7) is 0.991. The Balaban J connectivity index is 1.50. The third kappa shape index (κ3) is 2.97. The van der Waals surface area contributed by atoms with Crippen LogP contribution < -0.4 is 0 Å². The Hall–Kier alpha value is -2.37. The number of carbonyl (C=O) groups is 1. The Kier molecular flexibility index (Phi) is 4.66. The highest BCUT2D eigenvalue weighted by Crippen LogP contribution is 2.44. The first-order valence-electron chi connectivity index (χ1n) is 8.97. The summed E-state index contributed by atoms with van der Waals surface area (Å²) < 4.78 is 10.8. The van der Waals surface area contributed by atoms with E-state index in [1.807, 2.05) is 24.3 Å². The van der Waals surface area contributed by atoms with Crippen molar-refractivity contribution in [2.45, 2.75) is 24.5 Å². The van der Waals surface area contributed by atoms with Gasteiger partial charge in [-0.05, 0) is 28.7 Å². The lowest BCUT2D eigenvalue weighted by molar-refractivity contribution is 0.0715. The number of ether oxygens (including phenoxy) is 2. The zero-order chi connectivity index (χ0) is 18.1. The van der Waals surface area contributed by atoms with Gasteiger partial charge in [0.1, 0.15) is 6.61 Å². The van der Waals surface area contributed by atoms with E-state index >= 15 is 0 Å². The molecular formula is C21H23NO4. The number of amides is 1. The molecule has 1 N–H and O–H groups in total.